The van der Waals surface area contributed by atoms with Gasteiger partial charge in [-0.3, -0.25) is 9.78 Å². The van der Waals surface area contributed by atoms with E-state index in [0.717, 1.165) is 33.6 Å². The number of hydrogen-bond donors (Lipinski definition) is 2. The maximum atomic E-state index is 13.6. The molecule has 238 valence electrons. The van der Waals surface area contributed by atoms with Crippen molar-refractivity contribution in [2.24, 2.45) is 11.7 Å². The average molecular weight is 649 g/mol. The molecule has 0 aliphatic heterocycles. The van der Waals surface area contributed by atoms with Gasteiger partial charge in [-0.25, -0.2) is 9.37 Å². The Kier molecular flexibility index (Phi) is 8.15. The van der Waals surface area contributed by atoms with Crippen molar-refractivity contribution in [2.45, 2.75) is 52.7 Å². The van der Waals surface area contributed by atoms with Gasteiger partial charge in [-0.15, -0.1) is 21.5 Å². The largest absolute Gasteiger partial charge is 0.487 e. The zero-order valence-electron chi connectivity index (χ0n) is 26.2. The van der Waals surface area contributed by atoms with E-state index in [9.17, 15) is 9.18 Å². The molecule has 0 unspecified atom stereocenters. The quantitative estimate of drug-likeness (QED) is 0.154. The van der Waals surface area contributed by atoms with Gasteiger partial charge in [0, 0.05) is 23.6 Å². The maximum Gasteiger partial charge on any atom is 0.251 e. The normalized spacial score (nSPS) is 14.1. The third kappa shape index (κ3) is 6.06. The van der Waals surface area contributed by atoms with Crippen LogP contribution in [0, 0.1) is 18.7 Å². The number of primary amides is 1. The number of thiophene rings is 1. The molecule has 3 N–H and O–H groups in total. The molecule has 11 heteroatoms. The molecule has 0 bridgehead atoms. The predicted molar refractivity (Wildman–Crippen MR) is 180 cm³/mol. The van der Waals surface area contributed by atoms with Crippen molar-refractivity contribution in [3.8, 4) is 27.6 Å². The fourth-order valence-corrected chi connectivity index (χ4v) is 7.38. The van der Waals surface area contributed by atoms with E-state index in [0.29, 0.717) is 46.1 Å². The Hall–Kier alpha value is -5.16. The first-order valence-electron chi connectivity index (χ1n) is 15.5. The van der Waals surface area contributed by atoms with Crippen molar-refractivity contribution in [3.05, 3.63) is 107 Å². The number of aromatic nitrogens is 4. The van der Waals surface area contributed by atoms with E-state index in [1.165, 1.54) is 34.6 Å². The lowest BCUT2D eigenvalue weighted by Gasteiger charge is -2.19. The number of hydrogen-bond acceptors (Lipinski definition) is 9. The summed E-state index contributed by atoms with van der Waals surface area (Å²) in [6.45, 7) is 5.81. The van der Waals surface area contributed by atoms with E-state index in [1.54, 1.807) is 25.3 Å². The second-order valence-electron chi connectivity index (χ2n) is 12.1. The predicted octanol–water partition coefficient (Wildman–Crippen LogP) is 7.83. The third-order valence-electron chi connectivity index (χ3n) is 8.25. The van der Waals surface area contributed by atoms with Crippen molar-refractivity contribution >= 4 is 33.1 Å². The first-order valence-corrected chi connectivity index (χ1v) is 16.3. The molecule has 4 aromatic heterocycles. The Labute approximate surface area is 275 Å². The molecule has 0 saturated carbocycles. The number of rotatable bonds is 10. The molecule has 47 heavy (non-hydrogen) atoms. The maximum absolute atomic E-state index is 13.6. The number of carbonyl (C=O) groups excluding carboxylic acids is 1. The van der Waals surface area contributed by atoms with E-state index in [1.807, 2.05) is 12.1 Å². The summed E-state index contributed by atoms with van der Waals surface area (Å²) in [7, 11) is 0. The summed E-state index contributed by atoms with van der Waals surface area (Å²) in [5, 5.41) is 13.1. The van der Waals surface area contributed by atoms with Crippen LogP contribution in [0.5, 0.6) is 5.75 Å². The molecule has 1 aliphatic carbocycles. The summed E-state index contributed by atoms with van der Waals surface area (Å²) in [6, 6.07) is 18.4. The van der Waals surface area contributed by atoms with Gasteiger partial charge in [-0.1, -0.05) is 38.1 Å². The van der Waals surface area contributed by atoms with Crippen molar-refractivity contribution < 1.29 is 18.3 Å². The SMILES string of the molecule is Cc1nnc(-c2c(COc3ccc(F)cc3)nc(CC(C)C)c(C(N)=O)c2-c2cc3ccnc(N[C@@H]4CCc5ccccc54)c3s2)o1. The Balaban J connectivity index is 1.41. The van der Waals surface area contributed by atoms with Crippen molar-refractivity contribution in [3.63, 3.8) is 0 Å². The highest BCUT2D eigenvalue weighted by Crippen LogP contribution is 2.45. The monoisotopic (exact) mass is 648 g/mol. The summed E-state index contributed by atoms with van der Waals surface area (Å²) in [6.07, 6.45) is 4.27. The van der Waals surface area contributed by atoms with Gasteiger partial charge in [0.1, 0.15) is 24.0 Å². The first kappa shape index (κ1) is 30.5. The minimum Gasteiger partial charge on any atom is -0.487 e. The molecular formula is C36H33FN6O3S. The van der Waals surface area contributed by atoms with Crippen LogP contribution in [0.2, 0.25) is 0 Å². The van der Waals surface area contributed by atoms with E-state index in [2.05, 4.69) is 53.6 Å². The minimum absolute atomic E-state index is 0.000123. The number of nitrogens with two attached hydrogens (primary N) is 1. The lowest BCUT2D eigenvalue weighted by Crippen LogP contribution is -2.20. The number of fused-ring (bicyclic) bond motifs is 2. The second kappa shape index (κ2) is 12.6. The molecule has 1 aliphatic rings. The van der Waals surface area contributed by atoms with Crippen LogP contribution in [0.25, 0.3) is 32.0 Å². The van der Waals surface area contributed by atoms with Gasteiger partial charge in [0.2, 0.25) is 11.8 Å². The van der Waals surface area contributed by atoms with Crippen LogP contribution in [0.4, 0.5) is 10.2 Å². The number of carbonyl (C=O) groups is 1. The number of nitrogens with zero attached hydrogens (tertiary/aromatic N) is 4. The van der Waals surface area contributed by atoms with Crippen LogP contribution >= 0.6 is 11.3 Å². The Bertz CT molecular complexity index is 2110. The smallest absolute Gasteiger partial charge is 0.251 e. The number of pyridine rings is 2. The van der Waals surface area contributed by atoms with Crippen LogP contribution in [-0.4, -0.2) is 26.1 Å². The average Bonchev–Trinajstić information content (AvgIpc) is 3.79. The van der Waals surface area contributed by atoms with Crippen molar-refractivity contribution in [2.75, 3.05) is 5.32 Å². The summed E-state index contributed by atoms with van der Waals surface area (Å²) < 4.78 is 26.6. The van der Waals surface area contributed by atoms with E-state index in [4.69, 9.17) is 24.9 Å². The van der Waals surface area contributed by atoms with Crippen LogP contribution in [-0.2, 0) is 19.4 Å². The highest BCUT2D eigenvalue weighted by atomic mass is 32.1. The van der Waals surface area contributed by atoms with Crippen LogP contribution in [0.3, 0.4) is 0 Å². The van der Waals surface area contributed by atoms with Crippen LogP contribution < -0.4 is 15.8 Å². The zero-order chi connectivity index (χ0) is 32.7. The standard InChI is InChI=1S/C36H33FN6O3S/c1-19(2)16-27-30(34(38)44)32(31(36-43-42-20(3)46-36)28(40-27)18-45-24-11-9-23(37)10-12-24)29-17-22-14-15-39-35(33(22)47-29)41-26-13-8-21-6-4-5-7-25(21)26/h4-7,9-12,14-15,17,19,26H,8,13,16,18H2,1-3H3,(H2,38,44)(H,39,41)/t26-/m1/s1. The molecule has 2 aromatic carbocycles. The molecule has 0 radical (unpaired) electrons. The van der Waals surface area contributed by atoms with Crippen molar-refractivity contribution in [1.82, 2.24) is 20.2 Å². The highest BCUT2D eigenvalue weighted by Gasteiger charge is 2.30. The fourth-order valence-electron chi connectivity index (χ4n) is 6.21. The molecule has 0 saturated heterocycles. The lowest BCUT2D eigenvalue weighted by molar-refractivity contribution is 0.0999. The van der Waals surface area contributed by atoms with Gasteiger partial charge in [0.25, 0.3) is 5.91 Å². The minimum atomic E-state index is -0.608. The molecule has 1 atom stereocenters. The van der Waals surface area contributed by atoms with E-state index in [-0.39, 0.29) is 30.3 Å². The number of ether oxygens (including phenoxy) is 1. The molecule has 6 aromatic rings. The number of anilines is 1. The van der Waals surface area contributed by atoms with Gasteiger partial charge in [-0.2, -0.15) is 0 Å². The Morgan fingerprint density at radius 2 is 1.91 bits per heavy atom. The number of aryl methyl sites for hydroxylation is 2. The molecular weight excluding hydrogens is 616 g/mol. The third-order valence-corrected chi connectivity index (χ3v) is 9.42. The van der Waals surface area contributed by atoms with Crippen LogP contribution in [0.1, 0.15) is 65.1 Å². The van der Waals surface area contributed by atoms with Gasteiger partial charge >= 0.3 is 0 Å². The van der Waals surface area contributed by atoms with Gasteiger partial charge in [0.05, 0.1) is 33.3 Å². The van der Waals surface area contributed by atoms with Gasteiger partial charge < -0.3 is 20.2 Å². The van der Waals surface area contributed by atoms with E-state index >= 15 is 0 Å². The summed E-state index contributed by atoms with van der Waals surface area (Å²) in [4.78, 5) is 23.8. The van der Waals surface area contributed by atoms with Crippen LogP contribution in [0.15, 0.2) is 71.3 Å². The highest BCUT2D eigenvalue weighted by molar-refractivity contribution is 7.23. The molecule has 7 rings (SSSR count). The van der Waals surface area contributed by atoms with Gasteiger partial charge in [0.15, 0.2) is 0 Å². The molecule has 1 amide bonds. The Morgan fingerprint density at radius 1 is 1.11 bits per heavy atom. The topological polar surface area (TPSA) is 129 Å². The summed E-state index contributed by atoms with van der Waals surface area (Å²) in [5.41, 5.74) is 11.2. The van der Waals surface area contributed by atoms with E-state index < -0.39 is 5.91 Å². The molecule has 0 fully saturated rings. The number of halogens is 1. The fraction of sp³-hybridized carbons (Fsp3) is 0.250. The number of amides is 1. The zero-order valence-corrected chi connectivity index (χ0v) is 27.0. The summed E-state index contributed by atoms with van der Waals surface area (Å²) in [5.74, 6) is 0.979. The molecule has 9 nitrogen and oxygen atoms in total. The second-order valence-corrected chi connectivity index (χ2v) is 13.1. The molecule has 0 spiro atoms. The van der Waals surface area contributed by atoms with Gasteiger partial charge in [-0.05, 0) is 78.1 Å². The number of nitrogens with one attached hydrogen (secondary N) is 1. The summed E-state index contributed by atoms with van der Waals surface area (Å²) >= 11 is 1.51. The number of benzene rings is 2. The first-order chi connectivity index (χ1) is 22.7. The Morgan fingerprint density at radius 3 is 2.66 bits per heavy atom. The molecule has 4 heterocycles. The lowest BCUT2D eigenvalue weighted by atomic mass is 9.92. The van der Waals surface area contributed by atoms with Crippen molar-refractivity contribution in [1.29, 1.82) is 0 Å².